The van der Waals surface area contributed by atoms with Crippen molar-refractivity contribution < 1.29 is 23.1 Å². The second-order valence-electron chi connectivity index (χ2n) is 6.56. The Hall–Kier alpha value is -2.87. The molecule has 2 heterocycles. The van der Waals surface area contributed by atoms with Crippen LogP contribution in [0.4, 0.5) is 8.78 Å². The van der Waals surface area contributed by atoms with E-state index in [1.165, 1.54) is 0 Å². The second kappa shape index (κ2) is 6.70. The van der Waals surface area contributed by atoms with Gasteiger partial charge < -0.3 is 14.4 Å². The highest BCUT2D eigenvalue weighted by Gasteiger charge is 2.60. The predicted molar refractivity (Wildman–Crippen MR) is 91.0 cm³/mol. The van der Waals surface area contributed by atoms with Crippen LogP contribution in [0.25, 0.3) is 11.4 Å². The number of pyridine rings is 1. The standard InChI is InChI=1S/C19H17F2N3O3/c20-19(21,18(25)7-3-8-18)17-23-16(24-27-17)14-5-1-6-15(10-14)26-12-13-4-2-9-22-11-13/h1-2,4-6,9-11,25H,3,7-8,12H2. The Morgan fingerprint density at radius 1 is 1.22 bits per heavy atom. The molecule has 0 saturated heterocycles. The van der Waals surface area contributed by atoms with Gasteiger partial charge in [0.05, 0.1) is 0 Å². The summed E-state index contributed by atoms with van der Waals surface area (Å²) in [6.07, 6.45) is 3.94. The molecule has 1 fully saturated rings. The molecule has 0 unspecified atom stereocenters. The van der Waals surface area contributed by atoms with Crippen LogP contribution in [0.15, 0.2) is 53.3 Å². The van der Waals surface area contributed by atoms with Crippen molar-refractivity contribution in [1.82, 2.24) is 15.1 Å². The van der Waals surface area contributed by atoms with Gasteiger partial charge in [-0.25, -0.2) is 0 Å². The highest BCUT2D eigenvalue weighted by molar-refractivity contribution is 5.57. The Bertz CT molecular complexity index is 927. The molecule has 1 aliphatic carbocycles. The summed E-state index contributed by atoms with van der Waals surface area (Å²) in [5.41, 5.74) is -0.728. The fourth-order valence-corrected chi connectivity index (χ4v) is 2.87. The number of halogens is 2. The summed E-state index contributed by atoms with van der Waals surface area (Å²) >= 11 is 0. The van der Waals surface area contributed by atoms with Crippen molar-refractivity contribution >= 4 is 0 Å². The molecular formula is C19H17F2N3O3. The van der Waals surface area contributed by atoms with Crippen LogP contribution in [0.2, 0.25) is 0 Å². The van der Waals surface area contributed by atoms with Crippen molar-refractivity contribution in [2.45, 2.75) is 37.4 Å². The fourth-order valence-electron chi connectivity index (χ4n) is 2.87. The van der Waals surface area contributed by atoms with Crippen LogP contribution >= 0.6 is 0 Å². The van der Waals surface area contributed by atoms with Gasteiger partial charge in [0, 0.05) is 23.5 Å². The van der Waals surface area contributed by atoms with Crippen LogP contribution in [0.5, 0.6) is 5.75 Å². The van der Waals surface area contributed by atoms with E-state index in [0.717, 1.165) is 5.56 Å². The molecule has 1 aliphatic rings. The maximum Gasteiger partial charge on any atom is 0.352 e. The zero-order chi connectivity index (χ0) is 18.9. The topological polar surface area (TPSA) is 81.3 Å². The number of hydrogen-bond acceptors (Lipinski definition) is 6. The van der Waals surface area contributed by atoms with Crippen molar-refractivity contribution in [3.63, 3.8) is 0 Å². The molecule has 0 atom stereocenters. The largest absolute Gasteiger partial charge is 0.489 e. The molecule has 8 heteroatoms. The number of nitrogens with zero attached hydrogens (tertiary/aromatic N) is 3. The third-order valence-electron chi connectivity index (χ3n) is 4.68. The van der Waals surface area contributed by atoms with Crippen LogP contribution in [-0.2, 0) is 12.5 Å². The molecule has 4 rings (SSSR count). The minimum atomic E-state index is -3.58. The first kappa shape index (κ1) is 17.5. The van der Waals surface area contributed by atoms with Crippen molar-refractivity contribution in [2.24, 2.45) is 0 Å². The molecule has 6 nitrogen and oxygen atoms in total. The van der Waals surface area contributed by atoms with Crippen LogP contribution in [-0.4, -0.2) is 25.8 Å². The minimum Gasteiger partial charge on any atom is -0.489 e. The summed E-state index contributed by atoms with van der Waals surface area (Å²) in [5, 5.41) is 13.6. The molecule has 140 valence electrons. The lowest BCUT2D eigenvalue weighted by molar-refractivity contribution is -0.235. The first-order chi connectivity index (χ1) is 13.0. The summed E-state index contributed by atoms with van der Waals surface area (Å²) in [6.45, 7) is 0.319. The first-order valence-electron chi connectivity index (χ1n) is 8.54. The van der Waals surface area contributed by atoms with E-state index in [0.29, 0.717) is 24.3 Å². The van der Waals surface area contributed by atoms with Gasteiger partial charge in [-0.1, -0.05) is 23.4 Å². The van der Waals surface area contributed by atoms with Crippen molar-refractivity contribution in [3.8, 4) is 17.1 Å². The molecule has 1 saturated carbocycles. The number of ether oxygens (including phenoxy) is 1. The fraction of sp³-hybridized carbons (Fsp3) is 0.316. The average molecular weight is 373 g/mol. The van der Waals surface area contributed by atoms with E-state index in [4.69, 9.17) is 9.26 Å². The average Bonchev–Trinajstić information content (AvgIpc) is 3.16. The molecule has 3 aromatic rings. The van der Waals surface area contributed by atoms with E-state index in [-0.39, 0.29) is 18.7 Å². The Balaban J connectivity index is 1.52. The maximum absolute atomic E-state index is 14.4. The number of benzene rings is 1. The van der Waals surface area contributed by atoms with E-state index in [1.807, 2.05) is 12.1 Å². The molecule has 0 spiro atoms. The predicted octanol–water partition coefficient (Wildman–Crippen LogP) is 3.72. The lowest BCUT2D eigenvalue weighted by Gasteiger charge is -2.40. The number of hydrogen-bond donors (Lipinski definition) is 1. The number of aliphatic hydroxyl groups is 1. The van der Waals surface area contributed by atoms with E-state index in [2.05, 4.69) is 15.1 Å². The van der Waals surface area contributed by atoms with Crippen LogP contribution in [0.3, 0.4) is 0 Å². The summed E-state index contributed by atoms with van der Waals surface area (Å²) < 4.78 is 39.3. The minimum absolute atomic E-state index is 0.00931. The maximum atomic E-state index is 14.4. The number of aromatic nitrogens is 3. The van der Waals surface area contributed by atoms with Gasteiger partial charge in [0.25, 0.3) is 0 Å². The summed E-state index contributed by atoms with van der Waals surface area (Å²) in [7, 11) is 0. The monoisotopic (exact) mass is 373 g/mol. The van der Waals surface area contributed by atoms with E-state index in [1.54, 1.807) is 36.7 Å². The van der Waals surface area contributed by atoms with Gasteiger partial charge in [-0.15, -0.1) is 0 Å². The van der Waals surface area contributed by atoms with Gasteiger partial charge in [0.1, 0.15) is 18.0 Å². The normalized spacial score (nSPS) is 16.0. The molecule has 0 aliphatic heterocycles. The van der Waals surface area contributed by atoms with Crippen molar-refractivity contribution in [1.29, 1.82) is 0 Å². The Morgan fingerprint density at radius 2 is 2.07 bits per heavy atom. The number of alkyl halides is 2. The molecule has 0 bridgehead atoms. The quantitative estimate of drug-likeness (QED) is 0.709. The Labute approximate surface area is 153 Å². The third-order valence-corrected chi connectivity index (χ3v) is 4.68. The van der Waals surface area contributed by atoms with Gasteiger partial charge in [-0.3, -0.25) is 4.98 Å². The van der Waals surface area contributed by atoms with Crippen LogP contribution < -0.4 is 4.74 Å². The Morgan fingerprint density at radius 3 is 2.78 bits per heavy atom. The SMILES string of the molecule is OC1(C(F)(F)c2nc(-c3cccc(OCc4cccnc4)c3)no2)CCC1. The molecule has 2 aromatic heterocycles. The smallest absolute Gasteiger partial charge is 0.352 e. The highest BCUT2D eigenvalue weighted by Crippen LogP contribution is 2.49. The van der Waals surface area contributed by atoms with E-state index in [9.17, 15) is 13.9 Å². The lowest BCUT2D eigenvalue weighted by atomic mass is 9.75. The molecule has 1 N–H and O–H groups in total. The van der Waals surface area contributed by atoms with Gasteiger partial charge in [0.15, 0.2) is 0 Å². The van der Waals surface area contributed by atoms with Gasteiger partial charge in [0.2, 0.25) is 5.82 Å². The molecule has 27 heavy (non-hydrogen) atoms. The molecule has 1 aromatic carbocycles. The van der Waals surface area contributed by atoms with Crippen molar-refractivity contribution in [3.05, 3.63) is 60.2 Å². The Kier molecular flexibility index (Phi) is 4.35. The molecular weight excluding hydrogens is 356 g/mol. The summed E-state index contributed by atoms with van der Waals surface area (Å²) in [4.78, 5) is 7.82. The van der Waals surface area contributed by atoms with E-state index >= 15 is 0 Å². The van der Waals surface area contributed by atoms with Crippen molar-refractivity contribution in [2.75, 3.05) is 0 Å². The summed E-state index contributed by atoms with van der Waals surface area (Å²) in [6, 6.07) is 10.5. The molecule has 0 amide bonds. The lowest BCUT2D eigenvalue weighted by Crippen LogP contribution is -2.51. The first-order valence-corrected chi connectivity index (χ1v) is 8.54. The number of rotatable bonds is 6. The zero-order valence-corrected chi connectivity index (χ0v) is 14.3. The summed E-state index contributed by atoms with van der Waals surface area (Å²) in [5.74, 6) is -3.90. The van der Waals surface area contributed by atoms with Crippen LogP contribution in [0.1, 0.15) is 30.7 Å². The van der Waals surface area contributed by atoms with Gasteiger partial charge >= 0.3 is 11.8 Å². The van der Waals surface area contributed by atoms with Crippen LogP contribution in [0, 0.1) is 0 Å². The molecule has 0 radical (unpaired) electrons. The zero-order valence-electron chi connectivity index (χ0n) is 14.3. The third kappa shape index (κ3) is 3.28. The highest BCUT2D eigenvalue weighted by atomic mass is 19.3. The second-order valence-corrected chi connectivity index (χ2v) is 6.56. The van der Waals surface area contributed by atoms with Gasteiger partial charge in [-0.2, -0.15) is 13.8 Å². The van der Waals surface area contributed by atoms with E-state index < -0.39 is 17.4 Å². The van der Waals surface area contributed by atoms with Gasteiger partial charge in [-0.05, 0) is 37.5 Å².